The highest BCUT2D eigenvalue weighted by Crippen LogP contribution is 2.19. The van der Waals surface area contributed by atoms with E-state index in [2.05, 4.69) is 16.0 Å². The van der Waals surface area contributed by atoms with Crippen LogP contribution in [0.25, 0.3) is 10.9 Å². The van der Waals surface area contributed by atoms with Crippen LogP contribution >= 0.6 is 0 Å². The largest absolute Gasteiger partial charge is 0.485 e. The molecule has 0 amide bonds. The molecule has 0 aliphatic heterocycles. The van der Waals surface area contributed by atoms with Crippen molar-refractivity contribution in [1.29, 1.82) is 0 Å². The van der Waals surface area contributed by atoms with Gasteiger partial charge in [0, 0.05) is 0 Å². The summed E-state index contributed by atoms with van der Waals surface area (Å²) in [7, 11) is 0. The molecule has 21 heavy (non-hydrogen) atoms. The molecule has 1 heterocycles. The predicted octanol–water partition coefficient (Wildman–Crippen LogP) is 3.12. The van der Waals surface area contributed by atoms with Gasteiger partial charge in [0.2, 0.25) is 0 Å². The first-order valence-corrected chi connectivity index (χ1v) is 6.81. The average molecular weight is 280 g/mol. The van der Waals surface area contributed by atoms with Gasteiger partial charge in [-0.25, -0.2) is 4.98 Å². The number of ether oxygens (including phenoxy) is 1. The van der Waals surface area contributed by atoms with Gasteiger partial charge >= 0.3 is 0 Å². The Kier molecular flexibility index (Phi) is 3.44. The van der Waals surface area contributed by atoms with Crippen molar-refractivity contribution < 1.29 is 4.74 Å². The first kappa shape index (κ1) is 13.4. The second kappa shape index (κ2) is 5.40. The summed E-state index contributed by atoms with van der Waals surface area (Å²) < 4.78 is 5.75. The second-order valence-corrected chi connectivity index (χ2v) is 5.09. The average Bonchev–Trinajstić information content (AvgIpc) is 2.46. The first-order valence-electron chi connectivity index (χ1n) is 6.81. The fourth-order valence-electron chi connectivity index (χ4n) is 2.31. The van der Waals surface area contributed by atoms with Crippen molar-refractivity contribution in [2.24, 2.45) is 0 Å². The lowest BCUT2D eigenvalue weighted by atomic mass is 10.1. The van der Waals surface area contributed by atoms with Gasteiger partial charge in [-0.1, -0.05) is 29.8 Å². The zero-order valence-electron chi connectivity index (χ0n) is 12.0. The van der Waals surface area contributed by atoms with Crippen LogP contribution in [0.1, 0.15) is 17.0 Å². The Labute approximate surface area is 122 Å². The number of fused-ring (bicyclic) bond motifs is 1. The number of benzene rings is 2. The van der Waals surface area contributed by atoms with E-state index in [1.54, 1.807) is 6.07 Å². The maximum atomic E-state index is 12.0. The highest BCUT2D eigenvalue weighted by molar-refractivity contribution is 5.77. The Morgan fingerprint density at radius 2 is 1.95 bits per heavy atom. The van der Waals surface area contributed by atoms with Crippen molar-refractivity contribution in [2.75, 3.05) is 0 Å². The fourth-order valence-corrected chi connectivity index (χ4v) is 2.31. The fraction of sp³-hybridized carbons (Fsp3) is 0.176. The van der Waals surface area contributed by atoms with E-state index in [0.717, 1.165) is 11.3 Å². The molecule has 0 radical (unpaired) electrons. The predicted molar refractivity (Wildman–Crippen MR) is 82.6 cm³/mol. The quantitative estimate of drug-likeness (QED) is 0.802. The van der Waals surface area contributed by atoms with Gasteiger partial charge in [0.1, 0.15) is 18.2 Å². The highest BCUT2D eigenvalue weighted by atomic mass is 16.5. The molecular weight excluding hydrogens is 264 g/mol. The van der Waals surface area contributed by atoms with E-state index < -0.39 is 0 Å². The minimum absolute atomic E-state index is 0.139. The number of aryl methyl sites for hydroxylation is 2. The summed E-state index contributed by atoms with van der Waals surface area (Å²) >= 11 is 0. The van der Waals surface area contributed by atoms with Crippen LogP contribution in [0.3, 0.4) is 0 Å². The van der Waals surface area contributed by atoms with Crippen LogP contribution in [0.4, 0.5) is 0 Å². The van der Waals surface area contributed by atoms with Crippen LogP contribution in [0.5, 0.6) is 5.75 Å². The highest BCUT2D eigenvalue weighted by Gasteiger charge is 2.05. The standard InChI is InChI=1S/C17H16N2O2/c1-11-7-8-15(12(2)9-11)21-10-16-18-14-6-4-3-5-13(14)17(20)19-16/h3-9H,10H2,1-2H3,(H,18,19,20). The number of rotatable bonds is 3. The number of aromatic nitrogens is 2. The van der Waals surface area contributed by atoms with Crippen LogP contribution in [0.2, 0.25) is 0 Å². The maximum absolute atomic E-state index is 12.0. The summed E-state index contributed by atoms with van der Waals surface area (Å²) in [5.74, 6) is 1.33. The first-order chi connectivity index (χ1) is 10.1. The zero-order chi connectivity index (χ0) is 14.8. The molecule has 3 aromatic rings. The van der Waals surface area contributed by atoms with Crippen molar-refractivity contribution >= 4 is 10.9 Å². The summed E-state index contributed by atoms with van der Waals surface area (Å²) in [5.41, 5.74) is 2.80. The SMILES string of the molecule is Cc1ccc(OCc2nc3ccccc3c(=O)[nH]2)c(C)c1. The minimum atomic E-state index is -0.139. The van der Waals surface area contributed by atoms with E-state index in [4.69, 9.17) is 4.74 Å². The number of para-hydroxylation sites is 1. The minimum Gasteiger partial charge on any atom is -0.485 e. The molecule has 0 saturated heterocycles. The van der Waals surface area contributed by atoms with Gasteiger partial charge in [0.25, 0.3) is 5.56 Å². The van der Waals surface area contributed by atoms with Gasteiger partial charge in [-0.2, -0.15) is 0 Å². The van der Waals surface area contributed by atoms with Gasteiger partial charge in [-0.3, -0.25) is 4.79 Å². The third kappa shape index (κ3) is 2.79. The number of H-pyrrole nitrogens is 1. The molecule has 1 aromatic heterocycles. The molecular formula is C17H16N2O2. The second-order valence-electron chi connectivity index (χ2n) is 5.09. The van der Waals surface area contributed by atoms with E-state index in [-0.39, 0.29) is 12.2 Å². The molecule has 4 nitrogen and oxygen atoms in total. The number of aromatic amines is 1. The molecule has 0 saturated carbocycles. The van der Waals surface area contributed by atoms with E-state index in [1.165, 1.54) is 5.56 Å². The third-order valence-electron chi connectivity index (χ3n) is 3.36. The van der Waals surface area contributed by atoms with Gasteiger partial charge < -0.3 is 9.72 Å². The van der Waals surface area contributed by atoms with Crippen LogP contribution < -0.4 is 10.3 Å². The van der Waals surface area contributed by atoms with Gasteiger partial charge in [-0.05, 0) is 37.6 Å². The summed E-state index contributed by atoms with van der Waals surface area (Å²) in [6.45, 7) is 4.28. The van der Waals surface area contributed by atoms with Crippen molar-refractivity contribution in [3.63, 3.8) is 0 Å². The number of nitrogens with one attached hydrogen (secondary N) is 1. The van der Waals surface area contributed by atoms with Gasteiger partial charge in [-0.15, -0.1) is 0 Å². The van der Waals surface area contributed by atoms with E-state index in [0.29, 0.717) is 16.7 Å². The van der Waals surface area contributed by atoms with Crippen LogP contribution in [0, 0.1) is 13.8 Å². The Hall–Kier alpha value is -2.62. The van der Waals surface area contributed by atoms with Crippen LogP contribution in [-0.2, 0) is 6.61 Å². The normalized spacial score (nSPS) is 10.8. The third-order valence-corrected chi connectivity index (χ3v) is 3.36. The van der Waals surface area contributed by atoms with Crippen molar-refractivity contribution in [1.82, 2.24) is 9.97 Å². The topological polar surface area (TPSA) is 55.0 Å². The lowest BCUT2D eigenvalue weighted by molar-refractivity contribution is 0.294. The molecule has 0 spiro atoms. The lowest BCUT2D eigenvalue weighted by Gasteiger charge is -2.09. The molecule has 0 aliphatic carbocycles. The zero-order valence-corrected chi connectivity index (χ0v) is 12.0. The lowest BCUT2D eigenvalue weighted by Crippen LogP contribution is -2.13. The molecule has 4 heteroatoms. The van der Waals surface area contributed by atoms with E-state index >= 15 is 0 Å². The van der Waals surface area contributed by atoms with Crippen molar-refractivity contribution in [3.05, 3.63) is 69.8 Å². The molecule has 0 unspecified atom stereocenters. The molecule has 0 bridgehead atoms. The molecule has 0 atom stereocenters. The van der Waals surface area contributed by atoms with Gasteiger partial charge in [0.15, 0.2) is 0 Å². The Morgan fingerprint density at radius 3 is 2.76 bits per heavy atom. The molecule has 106 valence electrons. The maximum Gasteiger partial charge on any atom is 0.258 e. The molecule has 2 aromatic carbocycles. The number of hydrogen-bond donors (Lipinski definition) is 1. The van der Waals surface area contributed by atoms with Crippen molar-refractivity contribution in [3.8, 4) is 5.75 Å². The number of hydrogen-bond acceptors (Lipinski definition) is 3. The Bertz CT molecular complexity index is 853. The van der Waals surface area contributed by atoms with Gasteiger partial charge in [0.05, 0.1) is 10.9 Å². The monoisotopic (exact) mass is 280 g/mol. The van der Waals surface area contributed by atoms with E-state index in [1.807, 2.05) is 44.2 Å². The molecule has 1 N–H and O–H groups in total. The van der Waals surface area contributed by atoms with Crippen LogP contribution in [-0.4, -0.2) is 9.97 Å². The molecule has 3 rings (SSSR count). The molecule has 0 aliphatic rings. The van der Waals surface area contributed by atoms with E-state index in [9.17, 15) is 4.79 Å². The molecule has 0 fully saturated rings. The van der Waals surface area contributed by atoms with Crippen molar-refractivity contribution in [2.45, 2.75) is 20.5 Å². The summed E-state index contributed by atoms with van der Waals surface area (Å²) in [5, 5.41) is 0.591. The smallest absolute Gasteiger partial charge is 0.258 e. The summed E-state index contributed by atoms with van der Waals surface area (Å²) in [6, 6.07) is 13.3. The Morgan fingerprint density at radius 1 is 1.14 bits per heavy atom. The Balaban J connectivity index is 1.87. The summed E-state index contributed by atoms with van der Waals surface area (Å²) in [6.07, 6.45) is 0. The summed E-state index contributed by atoms with van der Waals surface area (Å²) in [4.78, 5) is 19.1. The van der Waals surface area contributed by atoms with Crippen LogP contribution in [0.15, 0.2) is 47.3 Å². The number of nitrogens with zero attached hydrogens (tertiary/aromatic N) is 1.